The van der Waals surface area contributed by atoms with E-state index in [2.05, 4.69) is 32.4 Å². The molecule has 1 aromatic heterocycles. The minimum absolute atomic E-state index is 0.144. The van der Waals surface area contributed by atoms with Gasteiger partial charge in [-0.1, -0.05) is 39.0 Å². The molecule has 0 fully saturated rings. The Balaban J connectivity index is 3.29. The maximum atomic E-state index is 12.4. The highest BCUT2D eigenvalue weighted by atomic mass is 19.1. The number of halogens is 1. The highest BCUT2D eigenvalue weighted by molar-refractivity contribution is 5.43. The molecule has 18 heavy (non-hydrogen) atoms. The molecule has 1 aromatic rings. The number of aromatic nitrogens is 2. The minimum Gasteiger partial charge on any atom is -0.265 e. The Morgan fingerprint density at radius 1 is 1.50 bits per heavy atom. The van der Waals surface area contributed by atoms with Crippen LogP contribution in [0, 0.1) is 5.41 Å². The van der Waals surface area contributed by atoms with Gasteiger partial charge in [0.15, 0.2) is 0 Å². The van der Waals surface area contributed by atoms with E-state index in [-0.39, 0.29) is 12.1 Å². The van der Waals surface area contributed by atoms with Gasteiger partial charge >= 0.3 is 0 Å². The average molecular weight is 250 g/mol. The third kappa shape index (κ3) is 4.47. The zero-order valence-corrected chi connectivity index (χ0v) is 11.8. The van der Waals surface area contributed by atoms with E-state index in [4.69, 9.17) is 0 Å². The van der Waals surface area contributed by atoms with Crippen LogP contribution in [-0.2, 0) is 6.54 Å². The molecule has 0 radical (unpaired) electrons. The van der Waals surface area contributed by atoms with Crippen LogP contribution in [0.25, 0.3) is 12.2 Å². The predicted octanol–water partition coefficient (Wildman–Crippen LogP) is 2.43. The molecule has 0 aliphatic carbocycles. The number of hydrogen-bond donors (Lipinski definition) is 0. The van der Waals surface area contributed by atoms with Crippen LogP contribution in [-0.4, -0.2) is 16.5 Å². The third-order valence-corrected chi connectivity index (χ3v) is 2.38. The largest absolute Gasteiger partial charge is 0.265 e. The molecule has 0 N–H and O–H groups in total. The van der Waals surface area contributed by atoms with Crippen LogP contribution in [0.1, 0.15) is 34.1 Å². The molecule has 0 saturated carbocycles. The second kappa shape index (κ2) is 5.98. The van der Waals surface area contributed by atoms with Crippen molar-refractivity contribution in [3.8, 4) is 0 Å². The lowest BCUT2D eigenvalue weighted by Crippen LogP contribution is -2.33. The summed E-state index contributed by atoms with van der Waals surface area (Å²) in [5.41, 5.74) is 1.12. The van der Waals surface area contributed by atoms with Crippen molar-refractivity contribution in [1.82, 2.24) is 9.78 Å². The summed E-state index contributed by atoms with van der Waals surface area (Å²) in [5.74, 6) is 0. The van der Waals surface area contributed by atoms with Crippen LogP contribution in [0.2, 0.25) is 0 Å². The molecule has 0 saturated heterocycles. The minimum atomic E-state index is -0.340. The third-order valence-electron chi connectivity index (χ3n) is 2.38. The summed E-state index contributed by atoms with van der Waals surface area (Å²) in [5, 5.41) is 6.40. The van der Waals surface area contributed by atoms with Crippen LogP contribution in [0.15, 0.2) is 18.3 Å². The van der Waals surface area contributed by atoms with Gasteiger partial charge in [-0.15, -0.1) is 0 Å². The molecule has 0 atom stereocenters. The molecule has 0 amide bonds. The van der Waals surface area contributed by atoms with E-state index < -0.39 is 0 Å². The monoisotopic (exact) mass is 250 g/mol. The fourth-order valence-corrected chi connectivity index (χ4v) is 1.78. The summed E-state index contributed by atoms with van der Waals surface area (Å²) in [6.07, 6.45) is 6.14. The van der Waals surface area contributed by atoms with Gasteiger partial charge in [-0.2, -0.15) is 5.10 Å². The molecule has 1 heterocycles. The maximum Gasteiger partial charge on any atom is 0.0929 e. The maximum absolute atomic E-state index is 12.4. The van der Waals surface area contributed by atoms with Crippen molar-refractivity contribution in [2.75, 3.05) is 6.67 Å². The molecule has 0 bridgehead atoms. The van der Waals surface area contributed by atoms with Crippen LogP contribution in [0.3, 0.4) is 0 Å². The molecular weight excluding hydrogens is 227 g/mol. The van der Waals surface area contributed by atoms with Gasteiger partial charge in [0.05, 0.1) is 18.2 Å². The molecule has 1 rings (SSSR count). The van der Waals surface area contributed by atoms with Crippen molar-refractivity contribution < 1.29 is 4.39 Å². The van der Waals surface area contributed by atoms with Gasteiger partial charge in [0.25, 0.3) is 0 Å². The van der Waals surface area contributed by atoms with E-state index >= 15 is 0 Å². The lowest BCUT2D eigenvalue weighted by molar-refractivity contribution is 0.320. The number of hydrogen-bond acceptors (Lipinski definition) is 1. The molecule has 3 heteroatoms. The second-order valence-electron chi connectivity index (χ2n) is 5.88. The Morgan fingerprint density at radius 3 is 2.67 bits per heavy atom. The van der Waals surface area contributed by atoms with Crippen molar-refractivity contribution in [2.24, 2.45) is 5.41 Å². The van der Waals surface area contributed by atoms with Gasteiger partial charge in [0.1, 0.15) is 0 Å². The summed E-state index contributed by atoms with van der Waals surface area (Å²) in [6.45, 7) is 12.8. The number of rotatable bonds is 4. The van der Waals surface area contributed by atoms with Crippen molar-refractivity contribution in [1.29, 1.82) is 0 Å². The van der Waals surface area contributed by atoms with E-state index in [1.807, 2.05) is 30.0 Å². The summed E-state index contributed by atoms with van der Waals surface area (Å²) < 4.78 is 14.3. The normalized spacial score (nSPS) is 14.3. The topological polar surface area (TPSA) is 17.8 Å². The standard InChI is InChI=1S/C15H23FN2/c1-12(2)9-13-10-17-18(11-15(3,4)5)14(13)7-6-8-16/h7,9-10H,1,6,8,11H2,2-5H3/b13-9-,14-7+. The van der Waals surface area contributed by atoms with Gasteiger partial charge in [0, 0.05) is 11.8 Å². The number of alkyl halides is 1. The Bertz CT molecular complexity index is 518. The first-order valence-corrected chi connectivity index (χ1v) is 6.29. The first kappa shape index (κ1) is 14.7. The van der Waals surface area contributed by atoms with Gasteiger partial charge in [0.2, 0.25) is 0 Å². The summed E-state index contributed by atoms with van der Waals surface area (Å²) >= 11 is 0. The molecule has 0 spiro atoms. The quantitative estimate of drug-likeness (QED) is 0.802. The van der Waals surface area contributed by atoms with Crippen LogP contribution in [0.4, 0.5) is 4.39 Å². The molecule has 0 aromatic carbocycles. The SMILES string of the molecule is C=C(C)/C=c1/cnn(CC(C)(C)C)/c1=C/CCF. The van der Waals surface area contributed by atoms with Crippen LogP contribution in [0.5, 0.6) is 0 Å². The molecule has 100 valence electrons. The average Bonchev–Trinajstić information content (AvgIpc) is 2.55. The lowest BCUT2D eigenvalue weighted by atomic mass is 9.97. The van der Waals surface area contributed by atoms with Crippen molar-refractivity contribution >= 4 is 12.2 Å². The predicted molar refractivity (Wildman–Crippen MR) is 75.3 cm³/mol. The van der Waals surface area contributed by atoms with E-state index in [9.17, 15) is 4.39 Å². The van der Waals surface area contributed by atoms with Crippen LogP contribution < -0.4 is 10.6 Å². The van der Waals surface area contributed by atoms with Crippen molar-refractivity contribution in [3.05, 3.63) is 28.9 Å². The summed E-state index contributed by atoms with van der Waals surface area (Å²) in [6, 6.07) is 0. The van der Waals surface area contributed by atoms with E-state index in [1.165, 1.54) is 0 Å². The zero-order chi connectivity index (χ0) is 13.8. The van der Waals surface area contributed by atoms with E-state index in [1.54, 1.807) is 0 Å². The number of nitrogens with zero attached hydrogens (tertiary/aromatic N) is 2. The highest BCUT2D eigenvalue weighted by Gasteiger charge is 2.12. The lowest BCUT2D eigenvalue weighted by Gasteiger charge is -2.18. The van der Waals surface area contributed by atoms with E-state index in [0.717, 1.165) is 22.7 Å². The first-order chi connectivity index (χ1) is 8.33. The van der Waals surface area contributed by atoms with Crippen molar-refractivity contribution in [3.63, 3.8) is 0 Å². The van der Waals surface area contributed by atoms with Gasteiger partial charge in [-0.05, 0) is 24.8 Å². The summed E-state index contributed by atoms with van der Waals surface area (Å²) in [4.78, 5) is 0. The fraction of sp³-hybridized carbons (Fsp3) is 0.533. The molecule has 0 aliphatic rings. The zero-order valence-electron chi connectivity index (χ0n) is 11.8. The molecule has 0 unspecified atom stereocenters. The Labute approximate surface area is 109 Å². The summed E-state index contributed by atoms with van der Waals surface area (Å²) in [7, 11) is 0. The Hall–Kier alpha value is -1.38. The molecule has 0 aliphatic heterocycles. The van der Waals surface area contributed by atoms with Gasteiger partial charge in [-0.3, -0.25) is 9.07 Å². The van der Waals surface area contributed by atoms with Gasteiger partial charge in [-0.25, -0.2) is 0 Å². The highest BCUT2D eigenvalue weighted by Crippen LogP contribution is 2.13. The Kier molecular flexibility index (Phi) is 4.88. The van der Waals surface area contributed by atoms with E-state index in [0.29, 0.717) is 6.42 Å². The number of allylic oxidation sites excluding steroid dienone is 1. The second-order valence-corrected chi connectivity index (χ2v) is 5.88. The molecule has 2 nitrogen and oxygen atoms in total. The first-order valence-electron chi connectivity index (χ1n) is 6.29. The van der Waals surface area contributed by atoms with Gasteiger partial charge < -0.3 is 0 Å². The van der Waals surface area contributed by atoms with Crippen molar-refractivity contribution in [2.45, 2.75) is 40.7 Å². The Morgan fingerprint density at radius 2 is 2.17 bits per heavy atom. The smallest absolute Gasteiger partial charge is 0.0929 e. The van der Waals surface area contributed by atoms with Crippen LogP contribution >= 0.6 is 0 Å². The molecular formula is C15H23FN2. The fourth-order valence-electron chi connectivity index (χ4n) is 1.78.